The Morgan fingerprint density at radius 1 is 0.944 bits per heavy atom. The van der Waals surface area contributed by atoms with Crippen molar-refractivity contribution in [2.75, 3.05) is 0 Å². The molecule has 0 saturated carbocycles. The van der Waals surface area contributed by atoms with Crippen LogP contribution in [0.4, 0.5) is 5.69 Å². The summed E-state index contributed by atoms with van der Waals surface area (Å²) in [7, 11) is 0. The molecular weight excluding hydrogens is 240 g/mol. The first-order chi connectivity index (χ1) is 8.60. The van der Waals surface area contributed by atoms with Gasteiger partial charge in [-0.05, 0) is 61.3 Å². The van der Waals surface area contributed by atoms with E-state index in [9.17, 15) is 0 Å². The Hall–Kier alpha value is -1.61. The van der Waals surface area contributed by atoms with Gasteiger partial charge in [0.25, 0.3) is 0 Å². The molecule has 2 aromatic rings. The molecule has 2 rings (SSSR count). The molecule has 0 saturated heterocycles. The molecule has 0 bridgehead atoms. The Labute approximate surface area is 112 Å². The molecule has 2 nitrogen and oxygen atoms in total. The minimum atomic E-state index is 0.862. The molecule has 0 aliphatic rings. The Balaban J connectivity index is 2.32. The highest BCUT2D eigenvalue weighted by atomic mass is 32.2. The minimum Gasteiger partial charge on any atom is -0.152 e. The summed E-state index contributed by atoms with van der Waals surface area (Å²) in [6.45, 7) is 6.22. The van der Waals surface area contributed by atoms with E-state index in [2.05, 4.69) is 49.3 Å². The second-order valence-electron chi connectivity index (χ2n) is 4.45. The summed E-state index contributed by atoms with van der Waals surface area (Å²) in [5.41, 5.74) is 9.81. The van der Waals surface area contributed by atoms with Gasteiger partial charge in [0, 0.05) is 9.79 Å². The number of hydrogen-bond acceptors (Lipinski definition) is 2. The summed E-state index contributed by atoms with van der Waals surface area (Å²) < 4.78 is 0. The number of benzene rings is 2. The van der Waals surface area contributed by atoms with Crippen molar-refractivity contribution in [2.24, 2.45) is 5.11 Å². The molecule has 92 valence electrons. The first-order valence-corrected chi connectivity index (χ1v) is 6.68. The Morgan fingerprint density at radius 3 is 2.22 bits per heavy atom. The van der Waals surface area contributed by atoms with Crippen LogP contribution in [0.2, 0.25) is 0 Å². The molecular formula is C15H17N2S+. The molecule has 0 aromatic heterocycles. The van der Waals surface area contributed by atoms with Crippen molar-refractivity contribution in [2.45, 2.75) is 30.6 Å². The molecule has 0 aliphatic heterocycles. The van der Waals surface area contributed by atoms with Crippen molar-refractivity contribution in [3.05, 3.63) is 53.1 Å². The van der Waals surface area contributed by atoms with Gasteiger partial charge in [-0.2, -0.15) is 5.53 Å². The minimum absolute atomic E-state index is 0.862. The lowest BCUT2D eigenvalue weighted by Gasteiger charge is -2.08. The predicted molar refractivity (Wildman–Crippen MR) is 75.2 cm³/mol. The summed E-state index contributed by atoms with van der Waals surface area (Å²) >= 11 is 1.77. The van der Waals surface area contributed by atoms with Crippen LogP contribution in [0.5, 0.6) is 0 Å². The fourth-order valence-electron chi connectivity index (χ4n) is 1.76. The number of hydrogen-bond donors (Lipinski definition) is 1. The highest BCUT2D eigenvalue weighted by Crippen LogP contribution is 2.34. The monoisotopic (exact) mass is 257 g/mol. The molecule has 2 aromatic carbocycles. The van der Waals surface area contributed by atoms with Crippen LogP contribution in [0.25, 0.3) is 0 Å². The standard InChI is InChI=1S/C15H16N2S/c1-10-4-6-13(7-5-10)18-15-9-11(2)14(17-16)8-12(15)3/h4-9,16H,1-3H3/p+1. The third-order valence-electron chi connectivity index (χ3n) is 2.88. The van der Waals surface area contributed by atoms with Crippen LogP contribution in [0.1, 0.15) is 16.7 Å². The van der Waals surface area contributed by atoms with Crippen LogP contribution in [0.3, 0.4) is 0 Å². The van der Waals surface area contributed by atoms with Crippen molar-refractivity contribution in [1.29, 1.82) is 0 Å². The fourth-order valence-corrected chi connectivity index (χ4v) is 2.74. The number of nitrogens with two attached hydrogens (primary N) is 1. The second kappa shape index (κ2) is 5.36. The molecule has 0 amide bonds. The number of rotatable bonds is 3. The number of nitrogens with zero attached hydrogens (tertiary/aromatic N) is 1. The first-order valence-electron chi connectivity index (χ1n) is 5.87. The predicted octanol–water partition coefficient (Wildman–Crippen LogP) is 3.61. The van der Waals surface area contributed by atoms with E-state index in [1.54, 1.807) is 11.8 Å². The second-order valence-corrected chi connectivity index (χ2v) is 5.56. The van der Waals surface area contributed by atoms with Crippen LogP contribution in [-0.4, -0.2) is 0 Å². The van der Waals surface area contributed by atoms with Crippen molar-refractivity contribution in [1.82, 2.24) is 0 Å². The van der Waals surface area contributed by atoms with Gasteiger partial charge in [-0.3, -0.25) is 0 Å². The third-order valence-corrected chi connectivity index (χ3v) is 4.05. The average molecular weight is 257 g/mol. The molecule has 2 N–H and O–H groups in total. The highest BCUT2D eigenvalue weighted by Gasteiger charge is 2.06. The molecule has 0 atom stereocenters. The lowest BCUT2D eigenvalue weighted by Crippen LogP contribution is -2.22. The van der Waals surface area contributed by atoms with Gasteiger partial charge in [0.2, 0.25) is 0 Å². The molecule has 0 aliphatic carbocycles. The lowest BCUT2D eigenvalue weighted by atomic mass is 10.1. The van der Waals surface area contributed by atoms with Crippen molar-refractivity contribution < 1.29 is 5.53 Å². The summed E-state index contributed by atoms with van der Waals surface area (Å²) in [6, 6.07) is 12.7. The normalized spacial score (nSPS) is 10.4. The molecule has 0 unspecified atom stereocenters. The van der Waals surface area contributed by atoms with E-state index >= 15 is 0 Å². The van der Waals surface area contributed by atoms with Crippen LogP contribution in [0.15, 0.2) is 51.3 Å². The lowest BCUT2D eigenvalue weighted by molar-refractivity contribution is -0.210. The van der Waals surface area contributed by atoms with E-state index in [1.807, 2.05) is 13.0 Å². The van der Waals surface area contributed by atoms with Gasteiger partial charge in [0.15, 0.2) is 0 Å². The van der Waals surface area contributed by atoms with E-state index < -0.39 is 0 Å². The van der Waals surface area contributed by atoms with E-state index in [4.69, 9.17) is 5.53 Å². The van der Waals surface area contributed by atoms with E-state index in [0.717, 1.165) is 11.3 Å². The van der Waals surface area contributed by atoms with Crippen LogP contribution in [0, 0.1) is 20.8 Å². The molecule has 0 fully saturated rings. The Morgan fingerprint density at radius 2 is 1.61 bits per heavy atom. The van der Waals surface area contributed by atoms with Gasteiger partial charge >= 0.3 is 0 Å². The maximum atomic E-state index is 5.36. The van der Waals surface area contributed by atoms with Gasteiger partial charge in [-0.1, -0.05) is 29.5 Å². The van der Waals surface area contributed by atoms with Crippen LogP contribution in [-0.2, 0) is 0 Å². The molecule has 0 spiro atoms. The average Bonchev–Trinajstić information content (AvgIpc) is 2.36. The van der Waals surface area contributed by atoms with Gasteiger partial charge < -0.3 is 0 Å². The smallest absolute Gasteiger partial charge is 0.133 e. The van der Waals surface area contributed by atoms with E-state index in [0.29, 0.717) is 0 Å². The summed E-state index contributed by atoms with van der Waals surface area (Å²) in [5, 5.41) is 3.78. The molecule has 18 heavy (non-hydrogen) atoms. The zero-order valence-electron chi connectivity index (χ0n) is 10.9. The SMILES string of the molecule is Cc1ccc(Sc2cc(C)c(N=[NH2+])cc2C)cc1. The zero-order valence-corrected chi connectivity index (χ0v) is 11.7. The largest absolute Gasteiger partial charge is 0.152 e. The molecule has 3 heteroatoms. The summed E-state index contributed by atoms with van der Waals surface area (Å²) in [4.78, 5) is 2.50. The zero-order chi connectivity index (χ0) is 13.1. The molecule has 0 radical (unpaired) electrons. The van der Waals surface area contributed by atoms with Crippen LogP contribution >= 0.6 is 11.8 Å². The van der Waals surface area contributed by atoms with Gasteiger partial charge in [-0.15, -0.1) is 0 Å². The van der Waals surface area contributed by atoms with Gasteiger partial charge in [0.05, 0.1) is 0 Å². The van der Waals surface area contributed by atoms with E-state index in [-0.39, 0.29) is 0 Å². The molecule has 0 heterocycles. The van der Waals surface area contributed by atoms with Gasteiger partial charge in [0.1, 0.15) is 5.69 Å². The van der Waals surface area contributed by atoms with Crippen molar-refractivity contribution >= 4 is 17.4 Å². The first kappa shape index (κ1) is 12.8. The van der Waals surface area contributed by atoms with Crippen LogP contribution < -0.4 is 5.53 Å². The Bertz CT molecular complexity index is 574. The van der Waals surface area contributed by atoms with Crippen molar-refractivity contribution in [3.63, 3.8) is 0 Å². The Kier molecular flexibility index (Phi) is 3.82. The topological polar surface area (TPSA) is 38.0 Å². The third kappa shape index (κ3) is 2.79. The number of aryl methyl sites for hydroxylation is 3. The summed E-state index contributed by atoms with van der Waals surface area (Å²) in [5.74, 6) is 0. The van der Waals surface area contributed by atoms with Gasteiger partial charge in [-0.25, -0.2) is 0 Å². The quantitative estimate of drug-likeness (QED) is 0.838. The maximum absolute atomic E-state index is 5.36. The maximum Gasteiger partial charge on any atom is 0.133 e. The van der Waals surface area contributed by atoms with Crippen molar-refractivity contribution in [3.8, 4) is 0 Å². The highest BCUT2D eigenvalue weighted by molar-refractivity contribution is 7.99. The summed E-state index contributed by atoms with van der Waals surface area (Å²) in [6.07, 6.45) is 0. The fraction of sp³-hybridized carbons (Fsp3) is 0.200. The van der Waals surface area contributed by atoms with E-state index in [1.165, 1.54) is 20.9 Å².